The van der Waals surface area contributed by atoms with Crippen molar-refractivity contribution in [2.75, 3.05) is 6.61 Å². The lowest BCUT2D eigenvalue weighted by atomic mass is 10.1. The molecule has 0 aliphatic rings. The molecule has 0 amide bonds. The van der Waals surface area contributed by atoms with Crippen molar-refractivity contribution in [2.45, 2.75) is 25.2 Å². The van der Waals surface area contributed by atoms with Crippen LogP contribution in [0.3, 0.4) is 0 Å². The Labute approximate surface area is 129 Å². The first-order chi connectivity index (χ1) is 9.88. The first kappa shape index (κ1) is 15.8. The van der Waals surface area contributed by atoms with Gasteiger partial charge in [0.2, 0.25) is 0 Å². The minimum Gasteiger partial charge on any atom is -0.492 e. The van der Waals surface area contributed by atoms with Crippen molar-refractivity contribution in [1.82, 2.24) is 4.98 Å². The van der Waals surface area contributed by atoms with Crippen molar-refractivity contribution in [3.63, 3.8) is 0 Å². The van der Waals surface area contributed by atoms with E-state index in [-0.39, 0.29) is 4.90 Å². The van der Waals surface area contributed by atoms with Gasteiger partial charge in [0.25, 0.3) is 9.05 Å². The number of nitrogens with zero attached hydrogens (tertiary/aromatic N) is 1. The Morgan fingerprint density at radius 3 is 2.67 bits per heavy atom. The molecule has 1 aromatic heterocycles. The number of benzene rings is 1. The van der Waals surface area contributed by atoms with Crippen LogP contribution < -0.4 is 4.74 Å². The average Bonchev–Trinajstić information content (AvgIpc) is 2.41. The standard InChI is InChI=1S/C15H16ClNO3S/c1-11-8-12(2)15(14(9-11)21(16,18)19)20-7-5-13-4-3-6-17-10-13/h3-4,6,8-10H,5,7H2,1-2H3. The molecule has 0 bridgehead atoms. The quantitative estimate of drug-likeness (QED) is 0.792. The molecular formula is C15H16ClNO3S. The maximum atomic E-state index is 11.7. The second kappa shape index (κ2) is 6.45. The number of halogens is 1. The van der Waals surface area contributed by atoms with Crippen LogP contribution in [0.15, 0.2) is 41.6 Å². The Morgan fingerprint density at radius 1 is 1.29 bits per heavy atom. The third kappa shape index (κ3) is 4.19. The smallest absolute Gasteiger partial charge is 0.265 e. The molecule has 0 fully saturated rings. The lowest BCUT2D eigenvalue weighted by molar-refractivity contribution is 0.311. The first-order valence-corrected chi connectivity index (χ1v) is 8.76. The number of hydrogen-bond donors (Lipinski definition) is 0. The van der Waals surface area contributed by atoms with E-state index >= 15 is 0 Å². The maximum Gasteiger partial charge on any atom is 0.265 e. The zero-order valence-corrected chi connectivity index (χ0v) is 13.4. The van der Waals surface area contributed by atoms with Crippen LogP contribution in [-0.2, 0) is 15.5 Å². The van der Waals surface area contributed by atoms with E-state index < -0.39 is 9.05 Å². The predicted molar refractivity (Wildman–Crippen MR) is 82.4 cm³/mol. The zero-order valence-electron chi connectivity index (χ0n) is 11.8. The van der Waals surface area contributed by atoms with Crippen LogP contribution in [0.4, 0.5) is 0 Å². The topological polar surface area (TPSA) is 56.3 Å². The van der Waals surface area contributed by atoms with Gasteiger partial charge in [0.15, 0.2) is 0 Å². The van der Waals surface area contributed by atoms with E-state index in [1.165, 1.54) is 6.07 Å². The fraction of sp³-hybridized carbons (Fsp3) is 0.267. The largest absolute Gasteiger partial charge is 0.492 e. The van der Waals surface area contributed by atoms with Crippen molar-refractivity contribution < 1.29 is 13.2 Å². The number of rotatable bonds is 5. The van der Waals surface area contributed by atoms with Gasteiger partial charge in [-0.15, -0.1) is 0 Å². The molecule has 2 aromatic rings. The summed E-state index contributed by atoms with van der Waals surface area (Å²) < 4.78 is 29.0. The van der Waals surface area contributed by atoms with Gasteiger partial charge in [-0.3, -0.25) is 4.98 Å². The van der Waals surface area contributed by atoms with Gasteiger partial charge < -0.3 is 4.74 Å². The van der Waals surface area contributed by atoms with Gasteiger partial charge in [0.1, 0.15) is 10.6 Å². The van der Waals surface area contributed by atoms with Crippen LogP contribution >= 0.6 is 10.7 Å². The molecule has 0 spiro atoms. The monoisotopic (exact) mass is 325 g/mol. The second-order valence-electron chi connectivity index (χ2n) is 4.81. The number of pyridine rings is 1. The molecule has 6 heteroatoms. The Bertz CT molecular complexity index is 730. The van der Waals surface area contributed by atoms with Crippen LogP contribution in [0.2, 0.25) is 0 Å². The normalized spacial score (nSPS) is 11.4. The Balaban J connectivity index is 2.20. The van der Waals surface area contributed by atoms with Crippen molar-refractivity contribution in [3.8, 4) is 5.75 Å². The molecule has 0 atom stereocenters. The molecule has 0 saturated heterocycles. The summed E-state index contributed by atoms with van der Waals surface area (Å²) in [6.07, 6.45) is 4.10. The van der Waals surface area contributed by atoms with E-state index in [0.717, 1.165) is 16.7 Å². The number of hydrogen-bond acceptors (Lipinski definition) is 4. The average molecular weight is 326 g/mol. The van der Waals surface area contributed by atoms with Gasteiger partial charge in [0.05, 0.1) is 6.61 Å². The minimum atomic E-state index is -3.84. The summed E-state index contributed by atoms with van der Waals surface area (Å²) in [7, 11) is 1.65. The van der Waals surface area contributed by atoms with Crippen LogP contribution in [0.25, 0.3) is 0 Å². The van der Waals surface area contributed by atoms with Crippen molar-refractivity contribution >= 4 is 19.7 Å². The van der Waals surface area contributed by atoms with E-state index in [0.29, 0.717) is 18.8 Å². The van der Waals surface area contributed by atoms with Crippen molar-refractivity contribution in [2.24, 2.45) is 0 Å². The second-order valence-corrected chi connectivity index (χ2v) is 7.34. The highest BCUT2D eigenvalue weighted by Crippen LogP contribution is 2.31. The molecule has 0 radical (unpaired) electrons. The van der Waals surface area contributed by atoms with Crippen LogP contribution in [0.1, 0.15) is 16.7 Å². The van der Waals surface area contributed by atoms with Gasteiger partial charge >= 0.3 is 0 Å². The molecular weight excluding hydrogens is 310 g/mol. The summed E-state index contributed by atoms with van der Waals surface area (Å²) in [4.78, 5) is 4.04. The highest BCUT2D eigenvalue weighted by atomic mass is 35.7. The third-order valence-electron chi connectivity index (χ3n) is 3.01. The van der Waals surface area contributed by atoms with E-state index in [9.17, 15) is 8.42 Å². The minimum absolute atomic E-state index is 0.0212. The van der Waals surface area contributed by atoms with Crippen LogP contribution in [-0.4, -0.2) is 20.0 Å². The van der Waals surface area contributed by atoms with E-state index in [1.807, 2.05) is 25.1 Å². The first-order valence-electron chi connectivity index (χ1n) is 6.45. The Kier molecular flexibility index (Phi) is 4.85. The number of aryl methyl sites for hydroxylation is 2. The Morgan fingerprint density at radius 2 is 2.05 bits per heavy atom. The molecule has 1 heterocycles. The fourth-order valence-electron chi connectivity index (χ4n) is 2.10. The molecule has 21 heavy (non-hydrogen) atoms. The summed E-state index contributed by atoms with van der Waals surface area (Å²) in [5.41, 5.74) is 2.60. The van der Waals surface area contributed by atoms with E-state index in [1.54, 1.807) is 19.3 Å². The summed E-state index contributed by atoms with van der Waals surface area (Å²) >= 11 is 0. The number of aromatic nitrogens is 1. The molecule has 1 aromatic carbocycles. The van der Waals surface area contributed by atoms with Crippen molar-refractivity contribution in [3.05, 3.63) is 53.3 Å². The van der Waals surface area contributed by atoms with E-state index in [4.69, 9.17) is 15.4 Å². The number of ether oxygens (including phenoxy) is 1. The molecule has 112 valence electrons. The van der Waals surface area contributed by atoms with Crippen LogP contribution in [0.5, 0.6) is 5.75 Å². The lowest BCUT2D eigenvalue weighted by Crippen LogP contribution is -2.06. The fourth-order valence-corrected chi connectivity index (χ4v) is 3.21. The summed E-state index contributed by atoms with van der Waals surface area (Å²) in [6.45, 7) is 3.98. The highest BCUT2D eigenvalue weighted by Gasteiger charge is 2.19. The highest BCUT2D eigenvalue weighted by molar-refractivity contribution is 8.13. The lowest BCUT2D eigenvalue weighted by Gasteiger charge is -2.13. The van der Waals surface area contributed by atoms with Gasteiger partial charge in [0, 0.05) is 29.5 Å². The summed E-state index contributed by atoms with van der Waals surface area (Å²) in [5, 5.41) is 0. The molecule has 2 rings (SSSR count). The molecule has 0 aliphatic heterocycles. The SMILES string of the molecule is Cc1cc(C)c(OCCc2cccnc2)c(S(=O)(=O)Cl)c1. The Hall–Kier alpha value is -1.59. The molecule has 0 aliphatic carbocycles. The van der Waals surface area contributed by atoms with Gasteiger partial charge in [-0.2, -0.15) is 0 Å². The summed E-state index contributed by atoms with van der Waals surface area (Å²) in [6, 6.07) is 7.18. The van der Waals surface area contributed by atoms with Gasteiger partial charge in [-0.25, -0.2) is 8.42 Å². The maximum absolute atomic E-state index is 11.7. The summed E-state index contributed by atoms with van der Waals surface area (Å²) in [5.74, 6) is 0.319. The third-order valence-corrected chi connectivity index (χ3v) is 4.33. The predicted octanol–water partition coefficient (Wildman–Crippen LogP) is 3.25. The molecule has 4 nitrogen and oxygen atoms in total. The molecule has 0 saturated carbocycles. The van der Waals surface area contributed by atoms with Crippen molar-refractivity contribution in [1.29, 1.82) is 0 Å². The molecule has 0 unspecified atom stereocenters. The van der Waals surface area contributed by atoms with E-state index in [2.05, 4.69) is 4.98 Å². The van der Waals surface area contributed by atoms with Gasteiger partial charge in [-0.05, 0) is 42.7 Å². The van der Waals surface area contributed by atoms with Gasteiger partial charge in [-0.1, -0.05) is 12.1 Å². The molecule has 0 N–H and O–H groups in total. The zero-order chi connectivity index (χ0) is 15.5. The van der Waals surface area contributed by atoms with Crippen LogP contribution in [0, 0.1) is 13.8 Å².